The van der Waals surface area contributed by atoms with Crippen LogP contribution in [0.3, 0.4) is 0 Å². The Morgan fingerprint density at radius 2 is 1.86 bits per heavy atom. The Morgan fingerprint density at radius 3 is 2.57 bits per heavy atom. The smallest absolute Gasteiger partial charge is 0.218 e. The Kier molecular flexibility index (Phi) is 4.93. The Balaban J connectivity index is 1.49. The molecule has 0 bridgehead atoms. The predicted molar refractivity (Wildman–Crippen MR) is 104 cm³/mol. The van der Waals surface area contributed by atoms with E-state index in [0.29, 0.717) is 29.2 Å². The maximum Gasteiger partial charge on any atom is 0.218 e. The van der Waals surface area contributed by atoms with Gasteiger partial charge in [0.25, 0.3) is 0 Å². The van der Waals surface area contributed by atoms with E-state index in [1.807, 2.05) is 0 Å². The zero-order valence-corrected chi connectivity index (χ0v) is 16.6. The van der Waals surface area contributed by atoms with Gasteiger partial charge in [0.15, 0.2) is 5.78 Å². The molecule has 0 saturated carbocycles. The first-order valence-corrected chi connectivity index (χ1v) is 11.0. The average Bonchev–Trinajstić information content (AvgIpc) is 2.63. The number of carbonyl (C=O) groups excluding carboxylic acids is 1. The van der Waals surface area contributed by atoms with Crippen LogP contribution >= 0.6 is 11.6 Å². The number of nitrogens with zero attached hydrogens (tertiary/aromatic N) is 1. The third-order valence-corrected chi connectivity index (χ3v) is 7.44. The SMILES string of the molecule is O=C1CC2(CCN(S(=O)(=O)Cc3ccccc3F)CC2)Oc2cc(Cl)ccc21. The van der Waals surface area contributed by atoms with Crippen molar-refractivity contribution in [3.63, 3.8) is 0 Å². The van der Waals surface area contributed by atoms with E-state index >= 15 is 0 Å². The van der Waals surface area contributed by atoms with Gasteiger partial charge in [-0.1, -0.05) is 29.8 Å². The molecular weight excluding hydrogens is 405 g/mol. The van der Waals surface area contributed by atoms with Crippen molar-refractivity contribution >= 4 is 27.4 Å². The molecule has 1 spiro atoms. The van der Waals surface area contributed by atoms with Crippen molar-refractivity contribution in [1.29, 1.82) is 0 Å². The number of hydrogen-bond acceptors (Lipinski definition) is 4. The molecule has 1 saturated heterocycles. The molecule has 28 heavy (non-hydrogen) atoms. The number of ketones is 1. The molecule has 0 aliphatic carbocycles. The van der Waals surface area contributed by atoms with Crippen molar-refractivity contribution in [2.45, 2.75) is 30.6 Å². The van der Waals surface area contributed by atoms with E-state index in [1.54, 1.807) is 24.3 Å². The third-order valence-electron chi connectivity index (χ3n) is 5.38. The number of benzene rings is 2. The van der Waals surface area contributed by atoms with Gasteiger partial charge < -0.3 is 4.74 Å². The van der Waals surface area contributed by atoms with Crippen molar-refractivity contribution in [1.82, 2.24) is 4.31 Å². The van der Waals surface area contributed by atoms with Crippen LogP contribution in [-0.4, -0.2) is 37.2 Å². The van der Waals surface area contributed by atoms with Crippen molar-refractivity contribution < 1.29 is 22.3 Å². The lowest BCUT2D eigenvalue weighted by molar-refractivity contribution is 0.00590. The lowest BCUT2D eigenvalue weighted by atomic mass is 9.83. The number of Topliss-reactive ketones (excluding diaryl/α,β-unsaturated/α-hetero) is 1. The molecule has 0 radical (unpaired) electrons. The van der Waals surface area contributed by atoms with Gasteiger partial charge in [-0.25, -0.2) is 17.1 Å². The van der Waals surface area contributed by atoms with Crippen LogP contribution in [-0.2, 0) is 15.8 Å². The molecule has 0 aromatic heterocycles. The molecule has 0 N–H and O–H groups in total. The number of halogens is 2. The summed E-state index contributed by atoms with van der Waals surface area (Å²) < 4.78 is 46.8. The molecule has 0 amide bonds. The number of piperidine rings is 1. The van der Waals surface area contributed by atoms with Crippen LogP contribution in [0.5, 0.6) is 5.75 Å². The first-order chi connectivity index (χ1) is 13.3. The average molecular weight is 424 g/mol. The maximum atomic E-state index is 13.8. The predicted octanol–water partition coefficient (Wildman–Crippen LogP) is 3.81. The molecular formula is C20H19ClFNO4S. The number of carbonyl (C=O) groups is 1. The Labute approximate surface area is 168 Å². The fourth-order valence-electron chi connectivity index (χ4n) is 3.82. The van der Waals surface area contributed by atoms with Crippen molar-refractivity contribution in [2.24, 2.45) is 0 Å². The summed E-state index contributed by atoms with van der Waals surface area (Å²) in [7, 11) is -3.66. The van der Waals surface area contributed by atoms with Crippen molar-refractivity contribution in [2.75, 3.05) is 13.1 Å². The molecule has 4 rings (SSSR count). The van der Waals surface area contributed by atoms with Crippen LogP contribution in [0.25, 0.3) is 0 Å². The second-order valence-corrected chi connectivity index (χ2v) is 9.68. The van der Waals surface area contributed by atoms with E-state index in [1.165, 1.54) is 22.5 Å². The van der Waals surface area contributed by atoms with E-state index < -0.39 is 21.4 Å². The lowest BCUT2D eigenvalue weighted by Gasteiger charge is -2.43. The molecule has 2 aliphatic heterocycles. The van der Waals surface area contributed by atoms with Gasteiger partial charge in [-0.05, 0) is 24.3 Å². The number of hydrogen-bond donors (Lipinski definition) is 0. The van der Waals surface area contributed by atoms with Crippen molar-refractivity contribution in [3.05, 3.63) is 64.4 Å². The molecule has 1 fully saturated rings. The quantitative estimate of drug-likeness (QED) is 0.753. The summed E-state index contributed by atoms with van der Waals surface area (Å²) in [4.78, 5) is 12.5. The minimum absolute atomic E-state index is 0.0272. The summed E-state index contributed by atoms with van der Waals surface area (Å²) in [5.74, 6) is -0.494. The van der Waals surface area contributed by atoms with Gasteiger partial charge in [0.1, 0.15) is 17.2 Å². The Bertz CT molecular complexity index is 1030. The van der Waals surface area contributed by atoms with E-state index in [4.69, 9.17) is 16.3 Å². The highest BCUT2D eigenvalue weighted by atomic mass is 35.5. The standard InChI is InChI=1S/C20H19ClFNO4S/c21-15-5-6-16-18(24)12-20(27-19(16)11-15)7-9-23(10-8-20)28(25,26)13-14-3-1-2-4-17(14)22/h1-6,11H,7-10,12-13H2. The summed E-state index contributed by atoms with van der Waals surface area (Å²) >= 11 is 6.02. The Hall–Kier alpha value is -1.96. The minimum Gasteiger partial charge on any atom is -0.486 e. The summed E-state index contributed by atoms with van der Waals surface area (Å²) in [5.41, 5.74) is -0.0706. The van der Waals surface area contributed by atoms with Gasteiger partial charge in [0.05, 0.1) is 17.7 Å². The van der Waals surface area contributed by atoms with E-state index in [-0.39, 0.29) is 36.6 Å². The van der Waals surface area contributed by atoms with Crippen LogP contribution in [0.1, 0.15) is 35.2 Å². The number of sulfonamides is 1. The number of ether oxygens (including phenoxy) is 1. The monoisotopic (exact) mass is 423 g/mol. The van der Waals surface area contributed by atoms with Crippen molar-refractivity contribution in [3.8, 4) is 5.75 Å². The second-order valence-electron chi connectivity index (χ2n) is 7.27. The van der Waals surface area contributed by atoms with Gasteiger partial charge in [-0.15, -0.1) is 0 Å². The molecule has 0 unspecified atom stereocenters. The Morgan fingerprint density at radius 1 is 1.14 bits per heavy atom. The molecule has 0 atom stereocenters. The molecule has 2 aliphatic rings. The first kappa shape index (κ1) is 19.4. The van der Waals surface area contributed by atoms with Crippen LogP contribution in [0.15, 0.2) is 42.5 Å². The molecule has 2 heterocycles. The molecule has 148 valence electrons. The highest BCUT2D eigenvalue weighted by Gasteiger charge is 2.44. The van der Waals surface area contributed by atoms with E-state index in [9.17, 15) is 17.6 Å². The van der Waals surface area contributed by atoms with Gasteiger partial charge >= 0.3 is 0 Å². The largest absolute Gasteiger partial charge is 0.486 e. The third kappa shape index (κ3) is 3.66. The summed E-state index contributed by atoms with van der Waals surface area (Å²) in [5, 5.41) is 0.480. The molecule has 2 aromatic rings. The normalized spacial score (nSPS) is 19.3. The summed E-state index contributed by atoms with van der Waals surface area (Å²) in [6.07, 6.45) is 0.991. The minimum atomic E-state index is -3.66. The second kappa shape index (κ2) is 7.13. The van der Waals surface area contributed by atoms with Gasteiger partial charge in [-0.3, -0.25) is 4.79 Å². The fourth-order valence-corrected chi connectivity index (χ4v) is 5.53. The van der Waals surface area contributed by atoms with Crippen LogP contribution < -0.4 is 4.74 Å². The van der Waals surface area contributed by atoms with E-state index in [0.717, 1.165) is 0 Å². The van der Waals surface area contributed by atoms with Gasteiger partial charge in [0.2, 0.25) is 10.0 Å². The fraction of sp³-hybridized carbons (Fsp3) is 0.350. The lowest BCUT2D eigenvalue weighted by Crippen LogP contribution is -2.52. The van der Waals surface area contributed by atoms with Crippen LogP contribution in [0, 0.1) is 5.82 Å². The first-order valence-electron chi connectivity index (χ1n) is 9.01. The molecule has 2 aromatic carbocycles. The van der Waals surface area contributed by atoms with Crippen LogP contribution in [0.2, 0.25) is 5.02 Å². The molecule has 8 heteroatoms. The zero-order valence-electron chi connectivity index (χ0n) is 15.0. The topological polar surface area (TPSA) is 63.7 Å². The zero-order chi connectivity index (χ0) is 19.9. The number of rotatable bonds is 3. The highest BCUT2D eigenvalue weighted by molar-refractivity contribution is 7.88. The number of fused-ring (bicyclic) bond motifs is 1. The van der Waals surface area contributed by atoms with E-state index in [2.05, 4.69) is 0 Å². The van der Waals surface area contributed by atoms with Crippen LogP contribution in [0.4, 0.5) is 4.39 Å². The maximum absolute atomic E-state index is 13.8. The van der Waals surface area contributed by atoms with Gasteiger partial charge in [-0.2, -0.15) is 0 Å². The highest BCUT2D eigenvalue weighted by Crippen LogP contribution is 2.40. The molecule has 5 nitrogen and oxygen atoms in total. The summed E-state index contributed by atoms with van der Waals surface area (Å²) in [6.45, 7) is 0.444. The van der Waals surface area contributed by atoms with Gasteiger partial charge in [0, 0.05) is 36.5 Å². The summed E-state index contributed by atoms with van der Waals surface area (Å²) in [6, 6.07) is 10.8.